The Kier molecular flexibility index (Phi) is 8.39. The van der Waals surface area contributed by atoms with Crippen LogP contribution in [0.15, 0.2) is 40.9 Å². The number of nitrogens with two attached hydrogens (primary N) is 1. The molecule has 0 spiro atoms. The first-order valence-electron chi connectivity index (χ1n) is 10.7. The second kappa shape index (κ2) is 11.2. The lowest BCUT2D eigenvalue weighted by molar-refractivity contribution is -0.119. The first-order valence-corrected chi connectivity index (χ1v) is 11.4. The predicted octanol–water partition coefficient (Wildman–Crippen LogP) is 4.31. The first kappa shape index (κ1) is 23.9. The van der Waals surface area contributed by atoms with Gasteiger partial charge in [-0.15, -0.1) is 0 Å². The summed E-state index contributed by atoms with van der Waals surface area (Å²) in [4.78, 5) is 26.7. The van der Waals surface area contributed by atoms with Crippen molar-refractivity contribution in [1.82, 2.24) is 4.90 Å². The van der Waals surface area contributed by atoms with Crippen molar-refractivity contribution in [3.8, 4) is 17.2 Å². The molecular formula is C24H29BrN2O5. The molecule has 0 aliphatic heterocycles. The number of carbonyl (C=O) groups is 2. The van der Waals surface area contributed by atoms with Crippen LogP contribution in [0.25, 0.3) is 0 Å². The second-order valence-corrected chi connectivity index (χ2v) is 8.73. The number of rotatable bonds is 9. The molecule has 1 aliphatic carbocycles. The third kappa shape index (κ3) is 5.94. The molecule has 32 heavy (non-hydrogen) atoms. The van der Waals surface area contributed by atoms with Gasteiger partial charge in [0.1, 0.15) is 5.75 Å². The van der Waals surface area contributed by atoms with E-state index in [0.29, 0.717) is 29.4 Å². The molecule has 0 unspecified atom stereocenters. The highest BCUT2D eigenvalue weighted by molar-refractivity contribution is 9.10. The van der Waals surface area contributed by atoms with Crippen LogP contribution < -0.4 is 19.9 Å². The fraction of sp³-hybridized carbons (Fsp3) is 0.417. The number of hydrogen-bond acceptors (Lipinski definition) is 5. The topological polar surface area (TPSA) is 91.1 Å². The third-order valence-electron chi connectivity index (χ3n) is 5.62. The summed E-state index contributed by atoms with van der Waals surface area (Å²) >= 11 is 3.47. The van der Waals surface area contributed by atoms with Crippen molar-refractivity contribution in [3.05, 3.63) is 52.0 Å². The third-order valence-corrected chi connectivity index (χ3v) is 6.11. The van der Waals surface area contributed by atoms with Crippen molar-refractivity contribution in [2.75, 3.05) is 20.8 Å². The molecule has 0 atom stereocenters. The molecule has 3 rings (SSSR count). The molecule has 2 aromatic carbocycles. The SMILES string of the molecule is COc1cc(CN(C(=O)c2cc(Br)ccc2OC)C2CCCCC2)ccc1OCC(N)=O. The predicted molar refractivity (Wildman–Crippen MR) is 125 cm³/mol. The largest absolute Gasteiger partial charge is 0.496 e. The maximum atomic E-state index is 13.7. The summed E-state index contributed by atoms with van der Waals surface area (Å²) in [6.07, 6.45) is 5.34. The van der Waals surface area contributed by atoms with Gasteiger partial charge >= 0.3 is 0 Å². The molecule has 7 nitrogen and oxygen atoms in total. The minimum Gasteiger partial charge on any atom is -0.496 e. The second-order valence-electron chi connectivity index (χ2n) is 7.81. The Balaban J connectivity index is 1.91. The first-order chi connectivity index (χ1) is 15.4. The molecule has 0 radical (unpaired) electrons. The molecule has 1 aliphatic rings. The molecule has 0 bridgehead atoms. The lowest BCUT2D eigenvalue weighted by Gasteiger charge is -2.35. The van der Waals surface area contributed by atoms with Crippen LogP contribution in [0.5, 0.6) is 17.2 Å². The molecule has 0 aromatic heterocycles. The number of methoxy groups -OCH3 is 2. The minimum absolute atomic E-state index is 0.0666. The van der Waals surface area contributed by atoms with Crippen molar-refractivity contribution in [3.63, 3.8) is 0 Å². The van der Waals surface area contributed by atoms with Crippen LogP contribution in [-0.4, -0.2) is 43.6 Å². The van der Waals surface area contributed by atoms with Crippen LogP contribution in [-0.2, 0) is 11.3 Å². The van der Waals surface area contributed by atoms with Crippen molar-refractivity contribution < 1.29 is 23.8 Å². The van der Waals surface area contributed by atoms with Gasteiger partial charge in [-0.25, -0.2) is 0 Å². The maximum absolute atomic E-state index is 13.7. The number of nitrogens with zero attached hydrogens (tertiary/aromatic N) is 1. The Bertz CT molecular complexity index is 959. The summed E-state index contributed by atoms with van der Waals surface area (Å²) < 4.78 is 17.1. The number of hydrogen-bond donors (Lipinski definition) is 1. The van der Waals surface area contributed by atoms with Crippen LogP contribution in [0.4, 0.5) is 0 Å². The summed E-state index contributed by atoms with van der Waals surface area (Å²) in [6.45, 7) is 0.191. The van der Waals surface area contributed by atoms with Crippen LogP contribution >= 0.6 is 15.9 Å². The van der Waals surface area contributed by atoms with E-state index in [1.807, 2.05) is 23.1 Å². The van der Waals surface area contributed by atoms with Crippen molar-refractivity contribution in [2.24, 2.45) is 5.73 Å². The number of primary amides is 1. The van der Waals surface area contributed by atoms with E-state index in [4.69, 9.17) is 19.9 Å². The van der Waals surface area contributed by atoms with Crippen LogP contribution in [0.2, 0.25) is 0 Å². The van der Waals surface area contributed by atoms with E-state index >= 15 is 0 Å². The quantitative estimate of drug-likeness (QED) is 0.549. The Hall–Kier alpha value is -2.74. The lowest BCUT2D eigenvalue weighted by atomic mass is 9.93. The number of benzene rings is 2. The van der Waals surface area contributed by atoms with Crippen molar-refractivity contribution >= 4 is 27.7 Å². The average Bonchev–Trinajstić information content (AvgIpc) is 2.81. The molecule has 0 saturated heterocycles. The number of carbonyl (C=O) groups excluding carboxylic acids is 2. The highest BCUT2D eigenvalue weighted by atomic mass is 79.9. The summed E-state index contributed by atoms with van der Waals surface area (Å²) in [5.41, 5.74) is 6.60. The fourth-order valence-corrected chi connectivity index (χ4v) is 4.40. The van der Waals surface area contributed by atoms with Gasteiger partial charge in [0.15, 0.2) is 18.1 Å². The summed E-state index contributed by atoms with van der Waals surface area (Å²) in [5.74, 6) is 0.835. The van der Waals surface area contributed by atoms with Gasteiger partial charge in [0.25, 0.3) is 11.8 Å². The van der Waals surface area contributed by atoms with Crippen LogP contribution in [0, 0.1) is 0 Å². The van der Waals surface area contributed by atoms with E-state index in [1.54, 1.807) is 25.3 Å². The average molecular weight is 505 g/mol. The zero-order valence-electron chi connectivity index (χ0n) is 18.4. The fourth-order valence-electron chi connectivity index (χ4n) is 4.04. The van der Waals surface area contributed by atoms with Crippen molar-refractivity contribution in [2.45, 2.75) is 44.7 Å². The molecule has 2 aromatic rings. The number of ether oxygens (including phenoxy) is 3. The molecule has 0 heterocycles. The minimum atomic E-state index is -0.562. The maximum Gasteiger partial charge on any atom is 0.258 e. The van der Waals surface area contributed by atoms with Gasteiger partial charge in [-0.05, 0) is 48.7 Å². The normalized spacial score (nSPS) is 14.0. The zero-order chi connectivity index (χ0) is 23.1. The Morgan fingerprint density at radius 1 is 1.00 bits per heavy atom. The van der Waals surface area contributed by atoms with E-state index < -0.39 is 5.91 Å². The van der Waals surface area contributed by atoms with Gasteiger partial charge < -0.3 is 24.8 Å². The standard InChI is InChI=1S/C24H29BrN2O5/c1-30-20-11-9-17(25)13-19(20)24(29)27(18-6-4-3-5-7-18)14-16-8-10-21(22(12-16)31-2)32-15-23(26)28/h8-13,18H,3-7,14-15H2,1-2H3,(H2,26,28). The molecule has 1 fully saturated rings. The van der Waals surface area contributed by atoms with Gasteiger partial charge in [0.2, 0.25) is 0 Å². The molecule has 8 heteroatoms. The van der Waals surface area contributed by atoms with E-state index in [1.165, 1.54) is 13.5 Å². The molecule has 2 amide bonds. The number of halogens is 1. The summed E-state index contributed by atoms with van der Waals surface area (Å²) in [5, 5.41) is 0. The Morgan fingerprint density at radius 2 is 1.69 bits per heavy atom. The monoisotopic (exact) mass is 504 g/mol. The van der Waals surface area contributed by atoms with Gasteiger partial charge in [0, 0.05) is 17.1 Å². The lowest BCUT2D eigenvalue weighted by Crippen LogP contribution is -2.41. The zero-order valence-corrected chi connectivity index (χ0v) is 20.0. The van der Waals surface area contributed by atoms with Crippen molar-refractivity contribution in [1.29, 1.82) is 0 Å². The van der Waals surface area contributed by atoms with Gasteiger partial charge in [-0.1, -0.05) is 41.3 Å². The van der Waals surface area contributed by atoms with Gasteiger partial charge in [-0.2, -0.15) is 0 Å². The molecule has 2 N–H and O–H groups in total. The smallest absolute Gasteiger partial charge is 0.258 e. The summed E-state index contributed by atoms with van der Waals surface area (Å²) in [7, 11) is 3.10. The van der Waals surface area contributed by atoms with Gasteiger partial charge in [-0.3, -0.25) is 9.59 Å². The molecule has 172 valence electrons. The van der Waals surface area contributed by atoms with Crippen LogP contribution in [0.1, 0.15) is 48.0 Å². The van der Waals surface area contributed by atoms with E-state index in [0.717, 1.165) is 35.7 Å². The molecular weight excluding hydrogens is 476 g/mol. The highest BCUT2D eigenvalue weighted by Crippen LogP contribution is 2.32. The number of amides is 2. The van der Waals surface area contributed by atoms with E-state index in [-0.39, 0.29) is 18.6 Å². The Morgan fingerprint density at radius 3 is 2.34 bits per heavy atom. The summed E-state index contributed by atoms with van der Waals surface area (Å²) in [6, 6.07) is 11.0. The van der Waals surface area contributed by atoms with E-state index in [9.17, 15) is 9.59 Å². The van der Waals surface area contributed by atoms with E-state index in [2.05, 4.69) is 15.9 Å². The Labute approximate surface area is 196 Å². The van der Waals surface area contributed by atoms with Gasteiger partial charge in [0.05, 0.1) is 19.8 Å². The molecule has 1 saturated carbocycles. The van der Waals surface area contributed by atoms with Crippen LogP contribution in [0.3, 0.4) is 0 Å². The highest BCUT2D eigenvalue weighted by Gasteiger charge is 2.28.